The highest BCUT2D eigenvalue weighted by atomic mass is 32.1. The van der Waals surface area contributed by atoms with Crippen molar-refractivity contribution >= 4 is 22.9 Å². The highest BCUT2D eigenvalue weighted by Gasteiger charge is 2.21. The molecule has 2 heterocycles. The Hall–Kier alpha value is -1.80. The molecule has 0 radical (unpaired) electrons. The van der Waals surface area contributed by atoms with Crippen molar-refractivity contribution in [3.63, 3.8) is 0 Å². The van der Waals surface area contributed by atoms with Gasteiger partial charge in [-0.1, -0.05) is 12.1 Å². The molecule has 2 N–H and O–H groups in total. The molecule has 0 aliphatic carbocycles. The van der Waals surface area contributed by atoms with E-state index in [-0.39, 0.29) is 5.91 Å². The second-order valence-electron chi connectivity index (χ2n) is 5.91. The van der Waals surface area contributed by atoms with E-state index in [1.807, 2.05) is 23.7 Å². The number of carbonyl (C=O) groups excluding carboxylic acids is 1. The number of thiazole rings is 1. The minimum atomic E-state index is -0.422. The number of amides is 1. The number of aromatic nitrogens is 1. The summed E-state index contributed by atoms with van der Waals surface area (Å²) in [7, 11) is 2.06. The molecule has 1 aromatic heterocycles. The lowest BCUT2D eigenvalue weighted by Crippen LogP contribution is -2.45. The fourth-order valence-corrected chi connectivity index (χ4v) is 3.21. The van der Waals surface area contributed by atoms with Crippen LogP contribution in [-0.4, -0.2) is 48.6 Å². The van der Waals surface area contributed by atoms with Crippen LogP contribution in [0.15, 0.2) is 35.2 Å². The van der Waals surface area contributed by atoms with Crippen LogP contribution in [0.2, 0.25) is 0 Å². The molecule has 1 aliphatic rings. The predicted octanol–water partition coefficient (Wildman–Crippen LogP) is 1.70. The molecule has 0 saturated carbocycles. The number of morpholine rings is 1. The van der Waals surface area contributed by atoms with Crippen LogP contribution in [0.25, 0.3) is 0 Å². The van der Waals surface area contributed by atoms with Crippen LogP contribution in [0.4, 0.5) is 5.69 Å². The van der Waals surface area contributed by atoms with E-state index in [4.69, 9.17) is 4.74 Å². The van der Waals surface area contributed by atoms with Gasteiger partial charge in [0.25, 0.3) is 5.91 Å². The summed E-state index contributed by atoms with van der Waals surface area (Å²) in [6.45, 7) is 3.52. The molecule has 2 aromatic rings. The first-order valence-corrected chi connectivity index (χ1v) is 8.93. The van der Waals surface area contributed by atoms with Gasteiger partial charge >= 0.3 is 0 Å². The number of rotatable bonds is 6. The summed E-state index contributed by atoms with van der Waals surface area (Å²) in [5.74, 6) is -0.102. The minimum Gasteiger partial charge on any atom is -0.366 e. The molecule has 128 valence electrons. The van der Waals surface area contributed by atoms with Crippen molar-refractivity contribution < 1.29 is 9.53 Å². The Bertz CT molecular complexity index is 656. The number of hydrogen-bond donors (Lipinski definition) is 2. The van der Waals surface area contributed by atoms with E-state index < -0.39 is 6.10 Å². The van der Waals surface area contributed by atoms with Crippen molar-refractivity contribution in [3.05, 3.63) is 46.4 Å². The molecule has 6 nitrogen and oxygen atoms in total. The second kappa shape index (κ2) is 8.34. The van der Waals surface area contributed by atoms with Crippen molar-refractivity contribution in [3.8, 4) is 0 Å². The Morgan fingerprint density at radius 2 is 2.42 bits per heavy atom. The molecule has 1 fully saturated rings. The topological polar surface area (TPSA) is 66.5 Å². The van der Waals surface area contributed by atoms with Crippen LogP contribution in [0, 0.1) is 0 Å². The van der Waals surface area contributed by atoms with Crippen molar-refractivity contribution in [2.45, 2.75) is 19.2 Å². The SMILES string of the molecule is CN(Cc1cccc(NC(=O)C2CNCCO2)c1)Cc1cscn1. The van der Waals surface area contributed by atoms with Gasteiger partial charge in [-0.05, 0) is 24.7 Å². The molecule has 0 spiro atoms. The molecule has 1 unspecified atom stereocenters. The van der Waals surface area contributed by atoms with E-state index >= 15 is 0 Å². The maximum atomic E-state index is 12.2. The molecule has 1 atom stereocenters. The Morgan fingerprint density at radius 3 is 3.17 bits per heavy atom. The van der Waals surface area contributed by atoms with E-state index in [2.05, 4.69) is 39.0 Å². The number of hydrogen-bond acceptors (Lipinski definition) is 6. The summed E-state index contributed by atoms with van der Waals surface area (Å²) in [6.07, 6.45) is -0.422. The Labute approximate surface area is 145 Å². The predicted molar refractivity (Wildman–Crippen MR) is 95.0 cm³/mol. The zero-order chi connectivity index (χ0) is 16.8. The van der Waals surface area contributed by atoms with Crippen LogP contribution in [0.5, 0.6) is 0 Å². The number of benzene rings is 1. The molecule has 24 heavy (non-hydrogen) atoms. The first-order chi connectivity index (χ1) is 11.7. The lowest BCUT2D eigenvalue weighted by Gasteiger charge is -2.23. The largest absolute Gasteiger partial charge is 0.366 e. The van der Waals surface area contributed by atoms with Gasteiger partial charge in [-0.15, -0.1) is 11.3 Å². The smallest absolute Gasteiger partial charge is 0.254 e. The first kappa shape index (κ1) is 17.0. The summed E-state index contributed by atoms with van der Waals surface area (Å²) in [5, 5.41) is 8.16. The summed E-state index contributed by atoms with van der Waals surface area (Å²) < 4.78 is 5.48. The molecule has 1 saturated heterocycles. The fraction of sp³-hybridized carbons (Fsp3) is 0.412. The highest BCUT2D eigenvalue weighted by molar-refractivity contribution is 7.07. The maximum Gasteiger partial charge on any atom is 0.254 e. The van der Waals surface area contributed by atoms with Gasteiger partial charge in [0.15, 0.2) is 0 Å². The third-order valence-corrected chi connectivity index (χ3v) is 4.42. The maximum absolute atomic E-state index is 12.2. The van der Waals surface area contributed by atoms with E-state index in [1.54, 1.807) is 11.3 Å². The Balaban J connectivity index is 1.56. The van der Waals surface area contributed by atoms with Crippen LogP contribution < -0.4 is 10.6 Å². The van der Waals surface area contributed by atoms with Crippen molar-refractivity contribution in [2.75, 3.05) is 32.1 Å². The molecule has 1 amide bonds. The molecular formula is C17H22N4O2S. The van der Waals surface area contributed by atoms with Crippen LogP contribution in [0.1, 0.15) is 11.3 Å². The monoisotopic (exact) mass is 346 g/mol. The van der Waals surface area contributed by atoms with Gasteiger partial charge in [-0.25, -0.2) is 4.98 Å². The quantitative estimate of drug-likeness (QED) is 0.833. The Kier molecular flexibility index (Phi) is 5.92. The summed E-state index contributed by atoms with van der Waals surface area (Å²) in [4.78, 5) is 18.7. The zero-order valence-corrected chi connectivity index (χ0v) is 14.5. The van der Waals surface area contributed by atoms with Crippen LogP contribution >= 0.6 is 11.3 Å². The third kappa shape index (κ3) is 4.85. The first-order valence-electron chi connectivity index (χ1n) is 7.98. The highest BCUT2D eigenvalue weighted by Crippen LogP contribution is 2.14. The number of nitrogens with zero attached hydrogens (tertiary/aromatic N) is 2. The molecule has 1 aliphatic heterocycles. The van der Waals surface area contributed by atoms with E-state index in [1.165, 1.54) is 0 Å². The summed E-state index contributed by atoms with van der Waals surface area (Å²) in [6, 6.07) is 7.93. The lowest BCUT2D eigenvalue weighted by molar-refractivity contribution is -0.128. The van der Waals surface area contributed by atoms with Gasteiger partial charge in [0.05, 0.1) is 17.8 Å². The average molecular weight is 346 g/mol. The number of anilines is 1. The molecular weight excluding hydrogens is 324 g/mol. The summed E-state index contributed by atoms with van der Waals surface area (Å²) in [5.41, 5.74) is 4.87. The number of nitrogens with one attached hydrogen (secondary N) is 2. The zero-order valence-electron chi connectivity index (χ0n) is 13.7. The second-order valence-corrected chi connectivity index (χ2v) is 6.62. The molecule has 1 aromatic carbocycles. The standard InChI is InChI=1S/C17H22N4O2S/c1-21(10-15-11-24-12-19-15)9-13-3-2-4-14(7-13)20-17(22)16-8-18-5-6-23-16/h2-4,7,11-12,16,18H,5-6,8-10H2,1H3,(H,20,22). The van der Waals surface area contributed by atoms with Gasteiger partial charge in [0.1, 0.15) is 6.10 Å². The average Bonchev–Trinajstić information content (AvgIpc) is 3.08. The number of ether oxygens (including phenoxy) is 1. The van der Waals surface area contributed by atoms with Gasteiger partial charge in [-0.3, -0.25) is 9.69 Å². The van der Waals surface area contributed by atoms with Crippen molar-refractivity contribution in [1.82, 2.24) is 15.2 Å². The fourth-order valence-electron chi connectivity index (χ4n) is 2.66. The molecule has 7 heteroatoms. The lowest BCUT2D eigenvalue weighted by atomic mass is 10.1. The van der Waals surface area contributed by atoms with Crippen LogP contribution in [-0.2, 0) is 22.6 Å². The molecule has 0 bridgehead atoms. The van der Waals surface area contributed by atoms with E-state index in [9.17, 15) is 4.79 Å². The van der Waals surface area contributed by atoms with Crippen LogP contribution in [0.3, 0.4) is 0 Å². The van der Waals surface area contributed by atoms with Gasteiger partial charge in [0, 0.05) is 37.2 Å². The number of carbonyl (C=O) groups is 1. The third-order valence-electron chi connectivity index (χ3n) is 3.78. The molecule has 3 rings (SSSR count). The Morgan fingerprint density at radius 1 is 1.50 bits per heavy atom. The van der Waals surface area contributed by atoms with Crippen molar-refractivity contribution in [1.29, 1.82) is 0 Å². The summed E-state index contributed by atoms with van der Waals surface area (Å²) >= 11 is 1.61. The van der Waals surface area contributed by atoms with E-state index in [0.717, 1.165) is 36.6 Å². The van der Waals surface area contributed by atoms with Gasteiger partial charge < -0.3 is 15.4 Å². The van der Waals surface area contributed by atoms with Gasteiger partial charge in [0.2, 0.25) is 0 Å². The normalized spacial score (nSPS) is 17.8. The minimum absolute atomic E-state index is 0.102. The van der Waals surface area contributed by atoms with Gasteiger partial charge in [-0.2, -0.15) is 0 Å². The van der Waals surface area contributed by atoms with Crippen molar-refractivity contribution in [2.24, 2.45) is 0 Å². The van der Waals surface area contributed by atoms with E-state index in [0.29, 0.717) is 13.2 Å².